The quantitative estimate of drug-likeness (QED) is 0.850. The van der Waals surface area contributed by atoms with Crippen molar-refractivity contribution < 1.29 is 9.90 Å². The van der Waals surface area contributed by atoms with Gasteiger partial charge in [0.2, 0.25) is 0 Å². The lowest BCUT2D eigenvalue weighted by Gasteiger charge is -2.12. The van der Waals surface area contributed by atoms with Gasteiger partial charge < -0.3 is 10.4 Å². The van der Waals surface area contributed by atoms with E-state index in [-0.39, 0.29) is 22.0 Å². The van der Waals surface area contributed by atoms with Crippen LogP contribution in [-0.4, -0.2) is 17.6 Å². The number of para-hydroxylation sites is 1. The Morgan fingerprint density at radius 3 is 2.42 bits per heavy atom. The van der Waals surface area contributed by atoms with Crippen molar-refractivity contribution >= 4 is 21.8 Å². The fourth-order valence-electron chi connectivity index (χ4n) is 1.72. The van der Waals surface area contributed by atoms with Crippen LogP contribution in [0.5, 0.6) is 5.75 Å². The predicted octanol–water partition coefficient (Wildman–Crippen LogP) is 3.26. The summed E-state index contributed by atoms with van der Waals surface area (Å²) < 4.78 is 0. The molecule has 2 N–H and O–H groups in total. The second-order valence-corrected chi connectivity index (χ2v) is 5.21. The minimum absolute atomic E-state index is 0.00849. The summed E-state index contributed by atoms with van der Waals surface area (Å²) in [6, 6.07) is 16.3. The SMILES string of the molecule is O=C(NCC(Br)c1ccccc1)c1ccccc1O. The second kappa shape index (κ2) is 6.38. The van der Waals surface area contributed by atoms with Gasteiger partial charge in [-0.05, 0) is 17.7 Å². The molecule has 3 nitrogen and oxygen atoms in total. The second-order valence-electron chi connectivity index (χ2n) is 4.11. The highest BCUT2D eigenvalue weighted by Crippen LogP contribution is 2.21. The first-order valence-corrected chi connectivity index (χ1v) is 6.85. The lowest BCUT2D eigenvalue weighted by atomic mass is 10.1. The number of amides is 1. The van der Waals surface area contributed by atoms with E-state index in [1.807, 2.05) is 30.3 Å². The predicted molar refractivity (Wildman–Crippen MR) is 78.6 cm³/mol. The van der Waals surface area contributed by atoms with E-state index in [0.29, 0.717) is 6.54 Å². The Morgan fingerprint density at radius 1 is 1.11 bits per heavy atom. The Morgan fingerprint density at radius 2 is 1.74 bits per heavy atom. The molecule has 2 rings (SSSR count). The van der Waals surface area contributed by atoms with Gasteiger partial charge in [-0.1, -0.05) is 58.4 Å². The molecule has 0 radical (unpaired) electrons. The van der Waals surface area contributed by atoms with Crippen molar-refractivity contribution in [2.24, 2.45) is 0 Å². The van der Waals surface area contributed by atoms with Gasteiger partial charge in [0, 0.05) is 6.54 Å². The summed E-state index contributed by atoms with van der Waals surface area (Å²) in [5, 5.41) is 12.4. The third-order valence-corrected chi connectivity index (χ3v) is 3.60. The number of carbonyl (C=O) groups is 1. The molecule has 2 aromatic rings. The minimum atomic E-state index is -0.279. The number of phenols is 1. The molecule has 0 fully saturated rings. The van der Waals surface area contributed by atoms with Crippen molar-refractivity contribution in [3.63, 3.8) is 0 Å². The third-order valence-electron chi connectivity index (χ3n) is 2.75. The average Bonchev–Trinajstić information content (AvgIpc) is 2.46. The summed E-state index contributed by atoms with van der Waals surface area (Å²) in [6.45, 7) is 0.456. The number of aromatic hydroxyl groups is 1. The lowest BCUT2D eigenvalue weighted by molar-refractivity contribution is 0.0951. The Labute approximate surface area is 120 Å². The molecule has 0 saturated heterocycles. The van der Waals surface area contributed by atoms with Crippen LogP contribution in [0.25, 0.3) is 0 Å². The van der Waals surface area contributed by atoms with Gasteiger partial charge in [0.1, 0.15) is 5.75 Å². The molecule has 1 unspecified atom stereocenters. The van der Waals surface area contributed by atoms with Crippen LogP contribution in [0.15, 0.2) is 54.6 Å². The monoisotopic (exact) mass is 319 g/mol. The molecule has 0 heterocycles. The molecule has 0 bridgehead atoms. The highest BCUT2D eigenvalue weighted by molar-refractivity contribution is 9.09. The van der Waals surface area contributed by atoms with Crippen molar-refractivity contribution in [3.05, 3.63) is 65.7 Å². The first-order valence-electron chi connectivity index (χ1n) is 5.93. The highest BCUT2D eigenvalue weighted by Gasteiger charge is 2.12. The minimum Gasteiger partial charge on any atom is -0.507 e. The smallest absolute Gasteiger partial charge is 0.255 e. The van der Waals surface area contributed by atoms with Crippen LogP contribution in [-0.2, 0) is 0 Å². The largest absolute Gasteiger partial charge is 0.507 e. The highest BCUT2D eigenvalue weighted by atomic mass is 79.9. The number of hydrogen-bond donors (Lipinski definition) is 2. The number of benzene rings is 2. The molecule has 0 saturated carbocycles. The first-order chi connectivity index (χ1) is 9.18. The van der Waals surface area contributed by atoms with Crippen molar-refractivity contribution in [2.75, 3.05) is 6.54 Å². The molecule has 2 aromatic carbocycles. The molecule has 98 valence electrons. The number of halogens is 1. The Kier molecular flexibility index (Phi) is 4.58. The molecule has 0 aliphatic carbocycles. The van der Waals surface area contributed by atoms with Gasteiger partial charge >= 0.3 is 0 Å². The molecule has 0 aliphatic heterocycles. The van der Waals surface area contributed by atoms with Crippen molar-refractivity contribution in [1.29, 1.82) is 0 Å². The van der Waals surface area contributed by atoms with E-state index in [2.05, 4.69) is 21.2 Å². The molecule has 0 aliphatic rings. The summed E-state index contributed by atoms with van der Waals surface area (Å²) in [4.78, 5) is 12.0. The molecule has 0 spiro atoms. The molecule has 4 heteroatoms. The van der Waals surface area contributed by atoms with Crippen LogP contribution in [0.4, 0.5) is 0 Å². The third kappa shape index (κ3) is 3.58. The van der Waals surface area contributed by atoms with E-state index in [1.54, 1.807) is 18.2 Å². The standard InChI is InChI=1S/C15H14BrNO2/c16-13(11-6-2-1-3-7-11)10-17-15(19)12-8-4-5-9-14(12)18/h1-9,13,18H,10H2,(H,17,19). The Hall–Kier alpha value is -1.81. The number of phenolic OH excluding ortho intramolecular Hbond substituents is 1. The maximum Gasteiger partial charge on any atom is 0.255 e. The zero-order valence-electron chi connectivity index (χ0n) is 10.2. The molecular weight excluding hydrogens is 306 g/mol. The fraction of sp³-hybridized carbons (Fsp3) is 0.133. The maximum absolute atomic E-state index is 11.9. The topological polar surface area (TPSA) is 49.3 Å². The van der Waals surface area contributed by atoms with E-state index in [9.17, 15) is 9.90 Å². The summed E-state index contributed by atoms with van der Waals surface area (Å²) in [7, 11) is 0. The summed E-state index contributed by atoms with van der Waals surface area (Å²) in [5.41, 5.74) is 1.38. The zero-order chi connectivity index (χ0) is 13.7. The van der Waals surface area contributed by atoms with Gasteiger partial charge in [0.05, 0.1) is 10.4 Å². The molecule has 1 atom stereocenters. The van der Waals surface area contributed by atoms with E-state index < -0.39 is 0 Å². The van der Waals surface area contributed by atoms with Crippen LogP contribution >= 0.6 is 15.9 Å². The maximum atomic E-state index is 11.9. The molecule has 0 aromatic heterocycles. The first kappa shape index (κ1) is 13.6. The van der Waals surface area contributed by atoms with Gasteiger partial charge in [-0.15, -0.1) is 0 Å². The zero-order valence-corrected chi connectivity index (χ0v) is 11.8. The number of carbonyl (C=O) groups excluding carboxylic acids is 1. The Bertz CT molecular complexity index is 557. The van der Waals surface area contributed by atoms with Crippen LogP contribution in [0, 0.1) is 0 Å². The summed E-state index contributed by atoms with van der Waals surface area (Å²) in [5.74, 6) is -0.288. The van der Waals surface area contributed by atoms with Crippen LogP contribution in [0.1, 0.15) is 20.7 Å². The van der Waals surface area contributed by atoms with E-state index in [1.165, 1.54) is 6.07 Å². The molecule has 1 amide bonds. The normalized spacial score (nSPS) is 11.8. The number of alkyl halides is 1. The van der Waals surface area contributed by atoms with Crippen LogP contribution in [0.2, 0.25) is 0 Å². The van der Waals surface area contributed by atoms with Crippen LogP contribution < -0.4 is 5.32 Å². The summed E-state index contributed by atoms with van der Waals surface area (Å²) >= 11 is 3.53. The van der Waals surface area contributed by atoms with E-state index in [4.69, 9.17) is 0 Å². The van der Waals surface area contributed by atoms with E-state index in [0.717, 1.165) is 5.56 Å². The Balaban J connectivity index is 1.96. The van der Waals surface area contributed by atoms with Gasteiger partial charge in [0.15, 0.2) is 0 Å². The number of hydrogen-bond acceptors (Lipinski definition) is 2. The van der Waals surface area contributed by atoms with Gasteiger partial charge in [0.25, 0.3) is 5.91 Å². The average molecular weight is 320 g/mol. The summed E-state index contributed by atoms with van der Waals surface area (Å²) in [6.07, 6.45) is 0. The lowest BCUT2D eigenvalue weighted by Crippen LogP contribution is -2.26. The van der Waals surface area contributed by atoms with Gasteiger partial charge in [-0.2, -0.15) is 0 Å². The van der Waals surface area contributed by atoms with Gasteiger partial charge in [-0.3, -0.25) is 4.79 Å². The van der Waals surface area contributed by atoms with Crippen molar-refractivity contribution in [1.82, 2.24) is 5.32 Å². The van der Waals surface area contributed by atoms with Crippen molar-refractivity contribution in [3.8, 4) is 5.75 Å². The van der Waals surface area contributed by atoms with Crippen LogP contribution in [0.3, 0.4) is 0 Å². The fourth-order valence-corrected chi connectivity index (χ4v) is 2.19. The number of nitrogens with one attached hydrogen (secondary N) is 1. The number of rotatable bonds is 4. The van der Waals surface area contributed by atoms with E-state index >= 15 is 0 Å². The van der Waals surface area contributed by atoms with Gasteiger partial charge in [-0.25, -0.2) is 0 Å². The molecular formula is C15H14BrNO2. The molecule has 19 heavy (non-hydrogen) atoms. The van der Waals surface area contributed by atoms with Crippen molar-refractivity contribution in [2.45, 2.75) is 4.83 Å².